The van der Waals surface area contributed by atoms with Crippen LogP contribution in [0.4, 0.5) is 4.79 Å². The molecule has 0 radical (unpaired) electrons. The van der Waals surface area contributed by atoms with Gasteiger partial charge in [0.15, 0.2) is 5.75 Å². The van der Waals surface area contributed by atoms with Crippen molar-refractivity contribution in [1.82, 2.24) is 5.32 Å². The molecule has 0 spiro atoms. The molecule has 1 N–H and O–H groups in total. The third-order valence-corrected chi connectivity index (χ3v) is 3.00. The van der Waals surface area contributed by atoms with E-state index in [4.69, 9.17) is 4.74 Å². The van der Waals surface area contributed by atoms with E-state index >= 15 is 0 Å². The fraction of sp³-hybridized carbons (Fsp3) is 0. The highest BCUT2D eigenvalue weighted by molar-refractivity contribution is 7.17. The molecule has 0 aliphatic carbocycles. The van der Waals surface area contributed by atoms with Crippen molar-refractivity contribution in [2.75, 3.05) is 0 Å². The van der Waals surface area contributed by atoms with E-state index in [-0.39, 0.29) is 0 Å². The molecule has 0 unspecified atom stereocenters. The van der Waals surface area contributed by atoms with Gasteiger partial charge in [-0.25, -0.2) is 4.79 Å². The van der Waals surface area contributed by atoms with Crippen LogP contribution in [0.25, 0.3) is 10.1 Å². The number of rotatable bonds is 2. The van der Waals surface area contributed by atoms with Crippen molar-refractivity contribution in [2.45, 2.75) is 0 Å². The lowest BCUT2D eigenvalue weighted by atomic mass is 10.2. The average Bonchev–Trinajstić information content (AvgIpc) is 2.72. The fourth-order valence-electron chi connectivity index (χ4n) is 1.31. The maximum atomic E-state index is 11.3. The van der Waals surface area contributed by atoms with Crippen LogP contribution in [-0.2, 0) is 4.79 Å². The van der Waals surface area contributed by atoms with Gasteiger partial charge in [-0.15, -0.1) is 11.3 Å². The van der Waals surface area contributed by atoms with E-state index in [0.29, 0.717) is 5.75 Å². The van der Waals surface area contributed by atoms with E-state index < -0.39 is 12.0 Å². The first kappa shape index (κ1) is 11.3. The first-order valence-electron chi connectivity index (χ1n) is 4.82. The third kappa shape index (κ3) is 2.51. The molecule has 0 aliphatic heterocycles. The molecule has 0 saturated carbocycles. The zero-order valence-electron chi connectivity index (χ0n) is 8.80. The Hall–Kier alpha value is -2.14. The SMILES string of the molecule is C=CC(=O)NC(=O)Oc1csc2ccccc12. The minimum absolute atomic E-state index is 0.444. The normalized spacial score (nSPS) is 9.88. The Kier molecular flexibility index (Phi) is 3.20. The van der Waals surface area contributed by atoms with Crippen molar-refractivity contribution in [3.8, 4) is 5.75 Å². The Bertz CT molecular complexity index is 588. The van der Waals surface area contributed by atoms with Gasteiger partial charge in [-0.3, -0.25) is 10.1 Å². The lowest BCUT2D eigenvalue weighted by molar-refractivity contribution is -0.115. The molecule has 2 aromatic rings. The molecule has 1 heterocycles. The van der Waals surface area contributed by atoms with Crippen LogP contribution in [0.2, 0.25) is 0 Å². The molecule has 17 heavy (non-hydrogen) atoms. The first-order chi connectivity index (χ1) is 8.20. The van der Waals surface area contributed by atoms with E-state index in [1.807, 2.05) is 29.6 Å². The lowest BCUT2D eigenvalue weighted by Crippen LogP contribution is -2.31. The summed E-state index contributed by atoms with van der Waals surface area (Å²) >= 11 is 1.47. The van der Waals surface area contributed by atoms with Crippen LogP contribution in [-0.4, -0.2) is 12.0 Å². The molecule has 0 bridgehead atoms. The van der Waals surface area contributed by atoms with Crippen LogP contribution in [0.1, 0.15) is 0 Å². The summed E-state index contributed by atoms with van der Waals surface area (Å²) in [6.45, 7) is 3.24. The van der Waals surface area contributed by atoms with Crippen molar-refractivity contribution in [2.24, 2.45) is 0 Å². The predicted octanol–water partition coefficient (Wildman–Crippen LogP) is 2.70. The first-order valence-corrected chi connectivity index (χ1v) is 5.70. The van der Waals surface area contributed by atoms with Crippen LogP contribution in [0.15, 0.2) is 42.3 Å². The fourth-order valence-corrected chi connectivity index (χ4v) is 2.17. The number of carbonyl (C=O) groups excluding carboxylic acids is 2. The number of carbonyl (C=O) groups is 2. The highest BCUT2D eigenvalue weighted by Crippen LogP contribution is 2.31. The number of thiophene rings is 1. The van der Waals surface area contributed by atoms with Gasteiger partial charge in [-0.2, -0.15) is 0 Å². The second-order valence-corrected chi connectivity index (χ2v) is 4.09. The predicted molar refractivity (Wildman–Crippen MR) is 66.2 cm³/mol. The van der Waals surface area contributed by atoms with Crippen molar-refractivity contribution in [3.63, 3.8) is 0 Å². The van der Waals surface area contributed by atoms with Gasteiger partial charge in [0, 0.05) is 15.5 Å². The molecule has 5 heteroatoms. The lowest BCUT2D eigenvalue weighted by Gasteiger charge is -2.02. The number of ether oxygens (including phenoxy) is 1. The Morgan fingerprint density at radius 1 is 1.35 bits per heavy atom. The molecule has 2 rings (SSSR count). The Morgan fingerprint density at radius 3 is 2.88 bits per heavy atom. The molecule has 0 saturated heterocycles. The highest BCUT2D eigenvalue weighted by atomic mass is 32.1. The van der Waals surface area contributed by atoms with E-state index in [2.05, 4.69) is 6.58 Å². The number of nitrogens with one attached hydrogen (secondary N) is 1. The van der Waals surface area contributed by atoms with E-state index in [9.17, 15) is 9.59 Å². The largest absolute Gasteiger partial charge is 0.419 e. The number of amides is 2. The summed E-state index contributed by atoms with van der Waals surface area (Å²) in [6, 6.07) is 7.54. The Morgan fingerprint density at radius 2 is 2.12 bits per heavy atom. The Labute approximate surface area is 102 Å². The van der Waals surface area contributed by atoms with Gasteiger partial charge in [-0.05, 0) is 18.2 Å². The molecule has 2 amide bonds. The van der Waals surface area contributed by atoms with Gasteiger partial charge >= 0.3 is 6.09 Å². The van der Waals surface area contributed by atoms with Crippen molar-refractivity contribution in [3.05, 3.63) is 42.3 Å². The smallest absolute Gasteiger partial charge is 0.408 e. The van der Waals surface area contributed by atoms with Crippen LogP contribution in [0.5, 0.6) is 5.75 Å². The van der Waals surface area contributed by atoms with Gasteiger partial charge in [-0.1, -0.05) is 18.7 Å². The van der Waals surface area contributed by atoms with Gasteiger partial charge in [0.05, 0.1) is 0 Å². The molecule has 1 aromatic heterocycles. The number of imide groups is 1. The summed E-state index contributed by atoms with van der Waals surface area (Å²) in [7, 11) is 0. The van der Waals surface area contributed by atoms with Gasteiger partial charge in [0.25, 0.3) is 5.91 Å². The monoisotopic (exact) mass is 247 g/mol. The number of hydrogen-bond donors (Lipinski definition) is 1. The summed E-state index contributed by atoms with van der Waals surface area (Å²) in [6.07, 6.45) is 0.200. The summed E-state index contributed by atoms with van der Waals surface area (Å²) in [5.74, 6) is -0.144. The van der Waals surface area contributed by atoms with E-state index in [0.717, 1.165) is 16.2 Å². The number of fused-ring (bicyclic) bond motifs is 1. The van der Waals surface area contributed by atoms with Crippen molar-refractivity contribution >= 4 is 33.4 Å². The minimum atomic E-state index is -0.807. The zero-order chi connectivity index (χ0) is 12.3. The van der Waals surface area contributed by atoms with Crippen molar-refractivity contribution in [1.29, 1.82) is 0 Å². The quantitative estimate of drug-likeness (QED) is 0.830. The van der Waals surface area contributed by atoms with Crippen LogP contribution < -0.4 is 10.1 Å². The summed E-state index contributed by atoms with van der Waals surface area (Å²) < 4.78 is 6.05. The molecule has 0 atom stereocenters. The minimum Gasteiger partial charge on any atom is -0.408 e. The maximum Gasteiger partial charge on any atom is 0.419 e. The second kappa shape index (κ2) is 4.80. The van der Waals surface area contributed by atoms with Crippen LogP contribution in [0.3, 0.4) is 0 Å². The van der Waals surface area contributed by atoms with Crippen molar-refractivity contribution < 1.29 is 14.3 Å². The summed E-state index contributed by atoms with van der Waals surface area (Å²) in [5, 5.41) is 4.59. The number of benzene rings is 1. The molecule has 0 fully saturated rings. The van der Waals surface area contributed by atoms with Gasteiger partial charge in [0.2, 0.25) is 0 Å². The second-order valence-electron chi connectivity index (χ2n) is 3.18. The molecule has 1 aromatic carbocycles. The van der Waals surface area contributed by atoms with Crippen LogP contribution in [0, 0.1) is 0 Å². The van der Waals surface area contributed by atoms with Crippen LogP contribution >= 0.6 is 11.3 Å². The standard InChI is InChI=1S/C12H9NO3S/c1-2-11(14)13-12(15)16-9-7-17-10-6-4-3-5-8(9)10/h2-7H,1H2,(H,13,14,15). The topological polar surface area (TPSA) is 55.4 Å². The van der Waals surface area contributed by atoms with E-state index in [1.165, 1.54) is 11.3 Å². The molecular weight excluding hydrogens is 238 g/mol. The van der Waals surface area contributed by atoms with E-state index in [1.54, 1.807) is 5.38 Å². The number of hydrogen-bond acceptors (Lipinski definition) is 4. The average molecular weight is 247 g/mol. The van der Waals surface area contributed by atoms with Gasteiger partial charge < -0.3 is 4.74 Å². The molecular formula is C12H9NO3S. The third-order valence-electron chi connectivity index (χ3n) is 2.06. The summed E-state index contributed by atoms with van der Waals surface area (Å²) in [4.78, 5) is 22.2. The Balaban J connectivity index is 2.16. The summed E-state index contributed by atoms with van der Waals surface area (Å²) in [5.41, 5.74) is 0. The zero-order valence-corrected chi connectivity index (χ0v) is 9.62. The highest BCUT2D eigenvalue weighted by Gasteiger charge is 2.10. The molecule has 0 aliphatic rings. The molecule has 4 nitrogen and oxygen atoms in total. The van der Waals surface area contributed by atoms with Gasteiger partial charge in [0.1, 0.15) is 0 Å². The maximum absolute atomic E-state index is 11.3. The molecule has 86 valence electrons.